The second kappa shape index (κ2) is 4.00. The van der Waals surface area contributed by atoms with Crippen molar-refractivity contribution >= 4 is 22.6 Å². The van der Waals surface area contributed by atoms with E-state index in [2.05, 4.69) is 0 Å². The van der Waals surface area contributed by atoms with Crippen molar-refractivity contribution in [3.8, 4) is 0 Å². The van der Waals surface area contributed by atoms with Crippen LogP contribution in [0.5, 0.6) is 0 Å². The van der Waals surface area contributed by atoms with Crippen molar-refractivity contribution in [3.05, 3.63) is 39.9 Å². The van der Waals surface area contributed by atoms with Crippen LogP contribution >= 0.6 is 11.8 Å². The largest absolute Gasteiger partial charge is 0.354 e. The normalized spacial score (nSPS) is 20.5. The van der Waals surface area contributed by atoms with Gasteiger partial charge in [0.15, 0.2) is 0 Å². The molecular formula is C9H7NO4S. The van der Waals surface area contributed by atoms with Crippen LogP contribution in [0.25, 0.3) is 0 Å². The van der Waals surface area contributed by atoms with E-state index in [9.17, 15) is 14.9 Å². The molecule has 1 aromatic rings. The number of nitrogens with zero attached hydrogens (tertiary/aromatic N) is 1. The second-order valence-corrected chi connectivity index (χ2v) is 4.10. The van der Waals surface area contributed by atoms with Crippen molar-refractivity contribution in [2.45, 2.75) is 5.44 Å². The lowest BCUT2D eigenvalue weighted by Gasteiger charge is -2.06. The first-order valence-corrected chi connectivity index (χ1v) is 5.10. The minimum absolute atomic E-state index is 0.0154. The Hall–Kier alpha value is -1.40. The maximum Gasteiger partial charge on any atom is 0.269 e. The fraction of sp³-hybridized carbons (Fsp3) is 0.222. The van der Waals surface area contributed by atoms with Gasteiger partial charge in [0.25, 0.3) is 5.69 Å². The molecule has 1 unspecified atom stereocenters. The van der Waals surface area contributed by atoms with Crippen molar-refractivity contribution < 1.29 is 14.5 Å². The van der Waals surface area contributed by atoms with Crippen molar-refractivity contribution in [1.29, 1.82) is 0 Å². The molecule has 0 amide bonds. The fourth-order valence-corrected chi connectivity index (χ4v) is 2.05. The molecule has 1 aromatic carbocycles. The van der Waals surface area contributed by atoms with Crippen LogP contribution in [-0.4, -0.2) is 16.6 Å². The van der Waals surface area contributed by atoms with Gasteiger partial charge in [-0.1, -0.05) is 0 Å². The van der Waals surface area contributed by atoms with E-state index in [-0.39, 0.29) is 22.8 Å². The average Bonchev–Trinajstić information content (AvgIpc) is 2.65. The van der Waals surface area contributed by atoms with Gasteiger partial charge in [0, 0.05) is 12.1 Å². The molecule has 0 radical (unpaired) electrons. The summed E-state index contributed by atoms with van der Waals surface area (Å²) in [6, 6.07) is 6.02. The maximum absolute atomic E-state index is 10.9. The van der Waals surface area contributed by atoms with Crippen molar-refractivity contribution in [1.82, 2.24) is 0 Å². The van der Waals surface area contributed by atoms with E-state index in [1.54, 1.807) is 12.1 Å². The fourth-order valence-electron chi connectivity index (χ4n) is 1.25. The van der Waals surface area contributed by atoms with Gasteiger partial charge in [-0.15, -0.1) is 0 Å². The zero-order valence-electron chi connectivity index (χ0n) is 7.58. The average molecular weight is 225 g/mol. The van der Waals surface area contributed by atoms with E-state index in [0.717, 1.165) is 17.3 Å². The molecule has 78 valence electrons. The SMILES string of the molecule is O=C1COC(c2ccc([N+](=O)[O-])cc2)S1. The number of ether oxygens (including phenoxy) is 1. The molecule has 0 aromatic heterocycles. The molecule has 5 nitrogen and oxygen atoms in total. The van der Waals surface area contributed by atoms with Crippen LogP contribution in [0.3, 0.4) is 0 Å². The quantitative estimate of drug-likeness (QED) is 0.567. The van der Waals surface area contributed by atoms with E-state index in [1.165, 1.54) is 12.1 Å². The van der Waals surface area contributed by atoms with Gasteiger partial charge < -0.3 is 4.74 Å². The third kappa shape index (κ3) is 2.16. The van der Waals surface area contributed by atoms with E-state index >= 15 is 0 Å². The molecule has 0 bridgehead atoms. The molecular weight excluding hydrogens is 218 g/mol. The Kier molecular flexibility index (Phi) is 2.70. The predicted octanol–water partition coefficient (Wildman–Crippen LogP) is 1.88. The number of hydrogen-bond donors (Lipinski definition) is 0. The molecule has 1 atom stereocenters. The summed E-state index contributed by atoms with van der Waals surface area (Å²) in [5, 5.41) is 10.4. The summed E-state index contributed by atoms with van der Waals surface area (Å²) >= 11 is 1.10. The number of hydrogen-bond acceptors (Lipinski definition) is 5. The van der Waals surface area contributed by atoms with Gasteiger partial charge in [-0.3, -0.25) is 14.9 Å². The summed E-state index contributed by atoms with van der Waals surface area (Å²) in [4.78, 5) is 20.9. The van der Waals surface area contributed by atoms with Gasteiger partial charge >= 0.3 is 0 Å². The lowest BCUT2D eigenvalue weighted by molar-refractivity contribution is -0.384. The number of benzene rings is 1. The standard InChI is InChI=1S/C9H7NO4S/c11-8-5-14-9(15-8)6-1-3-7(4-2-6)10(12)13/h1-4,9H,5H2. The molecule has 0 saturated carbocycles. The molecule has 0 spiro atoms. The zero-order valence-corrected chi connectivity index (χ0v) is 8.40. The number of carbonyl (C=O) groups is 1. The Morgan fingerprint density at radius 3 is 2.53 bits per heavy atom. The summed E-state index contributed by atoms with van der Waals surface area (Å²) in [5.41, 5.74) is 0.489. The summed E-state index contributed by atoms with van der Waals surface area (Å²) in [7, 11) is 0. The Labute approximate surface area is 89.6 Å². The highest BCUT2D eigenvalue weighted by molar-refractivity contribution is 8.14. The van der Waals surface area contributed by atoms with Crippen LogP contribution in [0.4, 0.5) is 5.69 Å². The van der Waals surface area contributed by atoms with Crippen LogP contribution in [0.2, 0.25) is 0 Å². The Morgan fingerprint density at radius 2 is 2.07 bits per heavy atom. The molecule has 0 N–H and O–H groups in total. The molecule has 1 fully saturated rings. The third-order valence-corrected chi connectivity index (χ3v) is 2.97. The van der Waals surface area contributed by atoms with Crippen LogP contribution in [0.15, 0.2) is 24.3 Å². The van der Waals surface area contributed by atoms with Gasteiger partial charge in [-0.05, 0) is 29.5 Å². The number of nitro benzene ring substituents is 1. The van der Waals surface area contributed by atoms with Crippen LogP contribution in [-0.2, 0) is 9.53 Å². The summed E-state index contributed by atoms with van der Waals surface area (Å²) in [5.74, 6) is 0. The minimum Gasteiger partial charge on any atom is -0.354 e. The highest BCUT2D eigenvalue weighted by atomic mass is 32.2. The van der Waals surface area contributed by atoms with Crippen LogP contribution in [0, 0.1) is 10.1 Å². The maximum atomic E-state index is 10.9. The first-order valence-electron chi connectivity index (χ1n) is 4.22. The Balaban J connectivity index is 2.17. The lowest BCUT2D eigenvalue weighted by atomic mass is 10.2. The van der Waals surface area contributed by atoms with Gasteiger partial charge in [0.2, 0.25) is 5.12 Å². The van der Waals surface area contributed by atoms with Crippen molar-refractivity contribution in [2.24, 2.45) is 0 Å². The molecule has 1 saturated heterocycles. The van der Waals surface area contributed by atoms with E-state index in [0.29, 0.717) is 0 Å². The predicted molar refractivity (Wildman–Crippen MR) is 54.4 cm³/mol. The van der Waals surface area contributed by atoms with Gasteiger partial charge in [-0.2, -0.15) is 0 Å². The molecule has 0 aliphatic carbocycles. The monoisotopic (exact) mass is 225 g/mol. The van der Waals surface area contributed by atoms with E-state index in [1.807, 2.05) is 0 Å². The van der Waals surface area contributed by atoms with Gasteiger partial charge in [0.05, 0.1) is 4.92 Å². The van der Waals surface area contributed by atoms with Gasteiger partial charge in [-0.25, -0.2) is 0 Å². The van der Waals surface area contributed by atoms with Gasteiger partial charge in [0.1, 0.15) is 12.0 Å². The summed E-state index contributed by atoms with van der Waals surface area (Å²) in [6.45, 7) is 0.103. The Morgan fingerprint density at radius 1 is 1.40 bits per heavy atom. The molecule has 6 heteroatoms. The van der Waals surface area contributed by atoms with Crippen LogP contribution in [0.1, 0.15) is 11.0 Å². The highest BCUT2D eigenvalue weighted by Gasteiger charge is 2.25. The topological polar surface area (TPSA) is 69.4 Å². The molecule has 2 rings (SSSR count). The van der Waals surface area contributed by atoms with Crippen molar-refractivity contribution in [2.75, 3.05) is 6.61 Å². The van der Waals surface area contributed by atoms with E-state index in [4.69, 9.17) is 4.74 Å². The zero-order chi connectivity index (χ0) is 10.8. The summed E-state index contributed by atoms with van der Waals surface area (Å²) < 4.78 is 5.20. The smallest absolute Gasteiger partial charge is 0.269 e. The molecule has 1 aliphatic rings. The highest BCUT2D eigenvalue weighted by Crippen LogP contribution is 2.36. The lowest BCUT2D eigenvalue weighted by Crippen LogP contribution is -1.94. The van der Waals surface area contributed by atoms with Crippen LogP contribution < -0.4 is 0 Å². The molecule has 1 heterocycles. The number of rotatable bonds is 2. The van der Waals surface area contributed by atoms with Crippen molar-refractivity contribution in [3.63, 3.8) is 0 Å². The molecule has 15 heavy (non-hydrogen) atoms. The number of nitro groups is 1. The third-order valence-electron chi connectivity index (χ3n) is 1.97. The number of non-ortho nitro benzene ring substituents is 1. The number of thioether (sulfide) groups is 1. The summed E-state index contributed by atoms with van der Waals surface area (Å²) in [6.07, 6.45) is 0. The first kappa shape index (κ1) is 10.1. The number of carbonyl (C=O) groups excluding carboxylic acids is 1. The van der Waals surface area contributed by atoms with E-state index < -0.39 is 4.92 Å². The Bertz CT molecular complexity index is 403. The molecule has 1 aliphatic heterocycles. The minimum atomic E-state index is -0.461. The second-order valence-electron chi connectivity index (χ2n) is 2.98. The first-order chi connectivity index (χ1) is 7.16.